The second kappa shape index (κ2) is 10.2. The van der Waals surface area contributed by atoms with E-state index in [4.69, 9.17) is 16.3 Å². The van der Waals surface area contributed by atoms with Crippen LogP contribution in [0.15, 0.2) is 41.4 Å². The van der Waals surface area contributed by atoms with Crippen LogP contribution in [0, 0.1) is 23.7 Å². The molecule has 1 aromatic rings. The Hall–Kier alpha value is -1.81. The van der Waals surface area contributed by atoms with Crippen LogP contribution in [0.1, 0.15) is 13.3 Å². The van der Waals surface area contributed by atoms with Crippen molar-refractivity contribution >= 4 is 53.4 Å². The van der Waals surface area contributed by atoms with Gasteiger partial charge in [0.2, 0.25) is 11.8 Å². The number of rotatable bonds is 7. The van der Waals surface area contributed by atoms with Crippen molar-refractivity contribution in [3.63, 3.8) is 0 Å². The van der Waals surface area contributed by atoms with Gasteiger partial charge < -0.3 is 15.4 Å². The molecular weight excluding hydrogens is 531 g/mol. The van der Waals surface area contributed by atoms with Crippen molar-refractivity contribution in [2.75, 3.05) is 26.7 Å². The van der Waals surface area contributed by atoms with Crippen molar-refractivity contribution in [3.8, 4) is 5.75 Å². The van der Waals surface area contributed by atoms with Gasteiger partial charge in [0.05, 0.1) is 18.4 Å². The predicted octanol–water partition coefficient (Wildman–Crippen LogP) is 2.70. The van der Waals surface area contributed by atoms with Crippen LogP contribution in [0.3, 0.4) is 0 Å². The summed E-state index contributed by atoms with van der Waals surface area (Å²) in [5.74, 6) is 1.46. The van der Waals surface area contributed by atoms with E-state index in [9.17, 15) is 9.59 Å². The van der Waals surface area contributed by atoms with Gasteiger partial charge in [-0.1, -0.05) is 29.8 Å². The first-order valence-electron chi connectivity index (χ1n) is 10.4. The highest BCUT2D eigenvalue weighted by Gasteiger charge is 2.58. The second-order valence-electron chi connectivity index (χ2n) is 8.09. The van der Waals surface area contributed by atoms with E-state index < -0.39 is 0 Å². The van der Waals surface area contributed by atoms with Gasteiger partial charge in [-0.3, -0.25) is 19.5 Å². The fraction of sp³-hybridized carbons (Fsp3) is 0.500. The van der Waals surface area contributed by atoms with Gasteiger partial charge in [0, 0.05) is 25.2 Å². The Kier molecular flexibility index (Phi) is 7.85. The summed E-state index contributed by atoms with van der Waals surface area (Å²) in [6, 6.07) is 7.27. The van der Waals surface area contributed by atoms with Gasteiger partial charge in [0.1, 0.15) is 11.9 Å². The minimum atomic E-state index is -0.144. The highest BCUT2D eigenvalue weighted by molar-refractivity contribution is 14.0. The topological polar surface area (TPSA) is 83.0 Å². The molecule has 9 heteroatoms. The number of nitrogens with zero attached hydrogens (tertiary/aromatic N) is 2. The molecule has 2 amide bonds. The van der Waals surface area contributed by atoms with E-state index in [0.29, 0.717) is 36.4 Å². The number of fused-ring (bicyclic) bond motifs is 5. The summed E-state index contributed by atoms with van der Waals surface area (Å²) in [7, 11) is 1.68. The third-order valence-electron chi connectivity index (χ3n) is 6.10. The Morgan fingerprint density at radius 1 is 1.23 bits per heavy atom. The van der Waals surface area contributed by atoms with Crippen LogP contribution < -0.4 is 15.4 Å². The Balaban J connectivity index is 0.00000272. The number of guanidine groups is 1. The van der Waals surface area contributed by atoms with Gasteiger partial charge in [0.15, 0.2) is 5.96 Å². The molecule has 31 heavy (non-hydrogen) atoms. The number of carbonyl (C=O) groups excluding carboxylic acids is 2. The second-order valence-corrected chi connectivity index (χ2v) is 8.53. The fourth-order valence-electron chi connectivity index (χ4n) is 4.75. The van der Waals surface area contributed by atoms with Gasteiger partial charge in [-0.25, -0.2) is 0 Å². The molecule has 2 bridgehead atoms. The van der Waals surface area contributed by atoms with Crippen LogP contribution in [0.25, 0.3) is 0 Å². The van der Waals surface area contributed by atoms with E-state index in [1.165, 1.54) is 4.90 Å². The smallest absolute Gasteiger partial charge is 0.233 e. The van der Waals surface area contributed by atoms with Crippen LogP contribution in [0.2, 0.25) is 5.02 Å². The number of benzene rings is 1. The third kappa shape index (κ3) is 5.00. The van der Waals surface area contributed by atoms with Crippen molar-refractivity contribution in [1.82, 2.24) is 15.5 Å². The number of nitrogens with one attached hydrogen (secondary N) is 2. The van der Waals surface area contributed by atoms with Crippen molar-refractivity contribution < 1.29 is 14.3 Å². The van der Waals surface area contributed by atoms with Gasteiger partial charge in [-0.15, -0.1) is 24.0 Å². The Morgan fingerprint density at radius 3 is 2.52 bits per heavy atom. The number of ether oxygens (including phenoxy) is 1. The van der Waals surface area contributed by atoms with E-state index >= 15 is 0 Å². The normalized spacial score (nSPS) is 27.2. The standard InChI is InChI=1S/C22H27ClN4O3.HI/c1-13(30-17-5-3-4-16(23)11-17)12-26-22(24-2)25-8-9-27-20(28)18-14-6-7-15(10-14)19(18)21(27)29;/h3-7,11,13-15,18-19H,8-10,12H2,1-2H3,(H2,24,25,26);1H. The molecule has 0 aromatic heterocycles. The molecule has 4 rings (SSSR count). The average molecular weight is 559 g/mol. The first-order valence-corrected chi connectivity index (χ1v) is 10.8. The predicted molar refractivity (Wildman–Crippen MR) is 131 cm³/mol. The molecule has 1 aliphatic heterocycles. The zero-order valence-electron chi connectivity index (χ0n) is 17.6. The summed E-state index contributed by atoms with van der Waals surface area (Å²) in [4.78, 5) is 31.1. The molecule has 3 aliphatic rings. The number of allylic oxidation sites excluding steroid dienone is 2. The Labute approximate surface area is 204 Å². The maximum atomic E-state index is 12.7. The van der Waals surface area contributed by atoms with Crippen molar-refractivity contribution in [2.24, 2.45) is 28.7 Å². The average Bonchev–Trinajstić information content (AvgIpc) is 3.40. The van der Waals surface area contributed by atoms with E-state index in [-0.39, 0.29) is 65.6 Å². The van der Waals surface area contributed by atoms with Crippen molar-refractivity contribution in [3.05, 3.63) is 41.4 Å². The molecule has 2 aliphatic carbocycles. The highest BCUT2D eigenvalue weighted by atomic mass is 127. The number of hydrogen-bond acceptors (Lipinski definition) is 4. The lowest BCUT2D eigenvalue weighted by molar-refractivity contribution is -0.140. The molecule has 0 spiro atoms. The molecule has 1 saturated carbocycles. The molecule has 2 fully saturated rings. The SMILES string of the molecule is CN=C(NCCN1C(=O)C2C3C=CC(C3)C2C1=O)NCC(C)Oc1cccc(Cl)c1.I. The van der Waals surface area contributed by atoms with Gasteiger partial charge >= 0.3 is 0 Å². The van der Waals surface area contributed by atoms with Gasteiger partial charge in [0.25, 0.3) is 0 Å². The number of amides is 2. The van der Waals surface area contributed by atoms with E-state index in [1.54, 1.807) is 19.2 Å². The number of carbonyl (C=O) groups is 2. The van der Waals surface area contributed by atoms with E-state index in [2.05, 4.69) is 27.8 Å². The lowest BCUT2D eigenvalue weighted by Crippen LogP contribution is -2.45. The maximum Gasteiger partial charge on any atom is 0.233 e. The first-order chi connectivity index (χ1) is 14.5. The number of aliphatic imine (C=N–C) groups is 1. The number of halogens is 2. The lowest BCUT2D eigenvalue weighted by atomic mass is 9.85. The molecule has 2 N–H and O–H groups in total. The number of likely N-dealkylation sites (tertiary alicyclic amines) is 1. The molecule has 1 aromatic carbocycles. The van der Waals surface area contributed by atoms with Gasteiger partial charge in [-0.05, 0) is 43.4 Å². The zero-order valence-corrected chi connectivity index (χ0v) is 20.7. The van der Waals surface area contributed by atoms with Crippen molar-refractivity contribution in [2.45, 2.75) is 19.4 Å². The molecule has 5 unspecified atom stereocenters. The number of hydrogen-bond donors (Lipinski definition) is 2. The van der Waals surface area contributed by atoms with Crippen LogP contribution in [0.5, 0.6) is 5.75 Å². The monoisotopic (exact) mass is 558 g/mol. The molecule has 5 atom stereocenters. The molecule has 1 saturated heterocycles. The summed E-state index contributed by atoms with van der Waals surface area (Å²) in [5.41, 5.74) is 0. The molecule has 7 nitrogen and oxygen atoms in total. The fourth-order valence-corrected chi connectivity index (χ4v) is 4.93. The van der Waals surface area contributed by atoms with Crippen molar-refractivity contribution in [1.29, 1.82) is 0 Å². The minimum Gasteiger partial charge on any atom is -0.489 e. The summed E-state index contributed by atoms with van der Waals surface area (Å²) < 4.78 is 5.84. The van der Waals surface area contributed by atoms with Crippen LogP contribution >= 0.6 is 35.6 Å². The number of imide groups is 1. The zero-order chi connectivity index (χ0) is 21.3. The first kappa shape index (κ1) is 23.8. The van der Waals surface area contributed by atoms with E-state index in [0.717, 1.165) is 6.42 Å². The quantitative estimate of drug-likeness (QED) is 0.177. The van der Waals surface area contributed by atoms with Crippen LogP contribution in [-0.4, -0.2) is 55.5 Å². The largest absolute Gasteiger partial charge is 0.489 e. The van der Waals surface area contributed by atoms with E-state index in [1.807, 2.05) is 19.1 Å². The maximum absolute atomic E-state index is 12.7. The summed E-state index contributed by atoms with van der Waals surface area (Å²) in [6.07, 6.45) is 5.06. The molecular formula is C22H28ClIN4O3. The molecule has 1 heterocycles. The highest BCUT2D eigenvalue weighted by Crippen LogP contribution is 2.52. The minimum absolute atomic E-state index is 0. The Bertz CT molecular complexity index is 863. The Morgan fingerprint density at radius 2 is 1.90 bits per heavy atom. The van der Waals surface area contributed by atoms with Crippen LogP contribution in [0.4, 0.5) is 0 Å². The molecule has 0 radical (unpaired) electrons. The third-order valence-corrected chi connectivity index (χ3v) is 6.34. The summed E-state index contributed by atoms with van der Waals surface area (Å²) in [6.45, 7) is 3.28. The lowest BCUT2D eigenvalue weighted by Gasteiger charge is -2.20. The van der Waals surface area contributed by atoms with Gasteiger partial charge in [-0.2, -0.15) is 0 Å². The summed E-state index contributed by atoms with van der Waals surface area (Å²) in [5, 5.41) is 7.00. The van der Waals surface area contributed by atoms with Crippen LogP contribution in [-0.2, 0) is 9.59 Å². The summed E-state index contributed by atoms with van der Waals surface area (Å²) >= 11 is 5.98. The molecule has 168 valence electrons.